The summed E-state index contributed by atoms with van der Waals surface area (Å²) in [4.78, 5) is 27.9. The highest BCUT2D eigenvalue weighted by molar-refractivity contribution is 7.14. The highest BCUT2D eigenvalue weighted by Gasteiger charge is 2.11. The molecule has 128 valence electrons. The molecule has 0 saturated heterocycles. The van der Waals surface area contributed by atoms with Gasteiger partial charge < -0.3 is 14.6 Å². The second kappa shape index (κ2) is 7.27. The van der Waals surface area contributed by atoms with E-state index in [1.54, 1.807) is 23.6 Å². The Kier molecular flexibility index (Phi) is 4.90. The minimum Gasteiger partial charge on any atom is -0.494 e. The quantitative estimate of drug-likeness (QED) is 0.760. The third-order valence-electron chi connectivity index (χ3n) is 3.41. The first kappa shape index (κ1) is 16.8. The van der Waals surface area contributed by atoms with Crippen LogP contribution >= 0.6 is 11.3 Å². The fourth-order valence-corrected chi connectivity index (χ4v) is 2.93. The van der Waals surface area contributed by atoms with Gasteiger partial charge in [0, 0.05) is 23.2 Å². The normalized spacial score (nSPS) is 10.5. The van der Waals surface area contributed by atoms with E-state index in [-0.39, 0.29) is 23.8 Å². The second-order valence-electron chi connectivity index (χ2n) is 5.10. The number of amides is 1. The highest BCUT2D eigenvalue weighted by atomic mass is 32.1. The van der Waals surface area contributed by atoms with Gasteiger partial charge in [-0.1, -0.05) is 6.07 Å². The van der Waals surface area contributed by atoms with Crippen LogP contribution in [-0.4, -0.2) is 22.6 Å². The van der Waals surface area contributed by atoms with E-state index in [1.165, 1.54) is 47.4 Å². The molecule has 3 aromatic rings. The van der Waals surface area contributed by atoms with Crippen molar-refractivity contribution in [2.75, 3.05) is 12.4 Å². The number of rotatable bonds is 5. The molecule has 2 aromatic heterocycles. The van der Waals surface area contributed by atoms with E-state index in [0.29, 0.717) is 16.4 Å². The number of nitrogens with one attached hydrogen (secondary N) is 1. The molecule has 8 heteroatoms. The molecule has 0 aliphatic carbocycles. The van der Waals surface area contributed by atoms with Crippen molar-refractivity contribution in [1.29, 1.82) is 0 Å². The molecule has 1 amide bonds. The smallest absolute Gasteiger partial charge is 0.250 e. The minimum absolute atomic E-state index is 0.105. The summed E-state index contributed by atoms with van der Waals surface area (Å²) in [5.41, 5.74) is 0.860. The van der Waals surface area contributed by atoms with E-state index in [2.05, 4.69) is 10.3 Å². The van der Waals surface area contributed by atoms with Crippen LogP contribution < -0.4 is 15.6 Å². The summed E-state index contributed by atoms with van der Waals surface area (Å²) in [5, 5.41) is 4.72. The lowest BCUT2D eigenvalue weighted by atomic mass is 10.1. The van der Waals surface area contributed by atoms with Gasteiger partial charge in [-0.15, -0.1) is 11.3 Å². The molecule has 1 N–H and O–H groups in total. The van der Waals surface area contributed by atoms with Gasteiger partial charge in [-0.25, -0.2) is 9.37 Å². The van der Waals surface area contributed by atoms with Gasteiger partial charge in [0.05, 0.1) is 12.8 Å². The molecule has 0 spiro atoms. The number of methoxy groups -OCH3 is 1. The summed E-state index contributed by atoms with van der Waals surface area (Å²) in [5.74, 6) is -0.696. The average Bonchev–Trinajstić information content (AvgIpc) is 3.05. The monoisotopic (exact) mass is 359 g/mol. The zero-order valence-electron chi connectivity index (χ0n) is 13.2. The molecule has 2 heterocycles. The summed E-state index contributed by atoms with van der Waals surface area (Å²) in [7, 11) is 1.40. The summed E-state index contributed by atoms with van der Waals surface area (Å²) >= 11 is 1.22. The number of anilines is 1. The molecule has 0 atom stereocenters. The van der Waals surface area contributed by atoms with Gasteiger partial charge in [0.15, 0.2) is 16.7 Å². The first-order valence-corrected chi connectivity index (χ1v) is 8.19. The van der Waals surface area contributed by atoms with E-state index in [0.717, 1.165) is 0 Å². The molecule has 0 radical (unpaired) electrons. The lowest BCUT2D eigenvalue weighted by molar-refractivity contribution is -0.116. The van der Waals surface area contributed by atoms with Crippen LogP contribution in [0, 0.1) is 5.82 Å². The van der Waals surface area contributed by atoms with Crippen LogP contribution in [0.2, 0.25) is 0 Å². The first-order valence-electron chi connectivity index (χ1n) is 7.31. The van der Waals surface area contributed by atoms with Crippen LogP contribution in [0.15, 0.2) is 52.8 Å². The summed E-state index contributed by atoms with van der Waals surface area (Å²) in [6, 6.07) is 9.19. The standard InChI is InChI=1S/C17H14FN3O3S/c1-24-14-6-5-11(8-12(14)18)13-10-25-17(19-13)20-15(22)9-21-7-3-2-4-16(21)23/h2-8,10H,9H2,1H3,(H,19,20,22). The fourth-order valence-electron chi connectivity index (χ4n) is 2.19. The van der Waals surface area contributed by atoms with Crippen LogP contribution in [-0.2, 0) is 11.3 Å². The largest absolute Gasteiger partial charge is 0.494 e. The molecule has 6 nitrogen and oxygen atoms in total. The number of halogens is 1. The van der Waals surface area contributed by atoms with E-state index < -0.39 is 5.82 Å². The molecule has 0 aliphatic rings. The van der Waals surface area contributed by atoms with Crippen LogP contribution in [0.25, 0.3) is 11.3 Å². The number of ether oxygens (including phenoxy) is 1. The van der Waals surface area contributed by atoms with Crippen LogP contribution in [0.3, 0.4) is 0 Å². The molecule has 0 aliphatic heterocycles. The lowest BCUT2D eigenvalue weighted by Gasteiger charge is -2.04. The van der Waals surface area contributed by atoms with E-state index >= 15 is 0 Å². The van der Waals surface area contributed by atoms with Crippen molar-refractivity contribution < 1.29 is 13.9 Å². The third-order valence-corrected chi connectivity index (χ3v) is 4.17. The number of thiazole rings is 1. The zero-order valence-corrected chi connectivity index (χ0v) is 14.0. The third kappa shape index (κ3) is 3.92. The van der Waals surface area contributed by atoms with Gasteiger partial charge in [0.1, 0.15) is 6.54 Å². The van der Waals surface area contributed by atoms with Crippen LogP contribution in [0.1, 0.15) is 0 Å². The average molecular weight is 359 g/mol. The van der Waals surface area contributed by atoms with Crippen molar-refractivity contribution in [3.8, 4) is 17.0 Å². The molecule has 1 aromatic carbocycles. The van der Waals surface area contributed by atoms with E-state index in [1.807, 2.05) is 0 Å². The molecule has 0 bridgehead atoms. The van der Waals surface area contributed by atoms with Crippen LogP contribution in [0.4, 0.5) is 9.52 Å². The number of aromatic nitrogens is 2. The van der Waals surface area contributed by atoms with Crippen molar-refractivity contribution in [2.24, 2.45) is 0 Å². The van der Waals surface area contributed by atoms with Gasteiger partial charge in [-0.2, -0.15) is 0 Å². The molecular weight excluding hydrogens is 345 g/mol. The summed E-state index contributed by atoms with van der Waals surface area (Å²) in [6.07, 6.45) is 1.54. The second-order valence-corrected chi connectivity index (χ2v) is 5.96. The number of hydrogen-bond donors (Lipinski definition) is 1. The van der Waals surface area contributed by atoms with Crippen molar-refractivity contribution in [1.82, 2.24) is 9.55 Å². The maximum Gasteiger partial charge on any atom is 0.250 e. The predicted molar refractivity (Wildman–Crippen MR) is 93.4 cm³/mol. The number of carbonyl (C=O) groups excluding carboxylic acids is 1. The highest BCUT2D eigenvalue weighted by Crippen LogP contribution is 2.28. The number of hydrogen-bond acceptors (Lipinski definition) is 5. The van der Waals surface area contributed by atoms with E-state index in [9.17, 15) is 14.0 Å². The SMILES string of the molecule is COc1ccc(-c2csc(NC(=O)Cn3ccccc3=O)n2)cc1F. The maximum absolute atomic E-state index is 13.8. The Morgan fingerprint density at radius 3 is 2.92 bits per heavy atom. The topological polar surface area (TPSA) is 73.2 Å². The minimum atomic E-state index is -0.484. The zero-order chi connectivity index (χ0) is 17.8. The van der Waals surface area contributed by atoms with Gasteiger partial charge in [0.2, 0.25) is 5.91 Å². The van der Waals surface area contributed by atoms with Gasteiger partial charge in [-0.05, 0) is 24.3 Å². The van der Waals surface area contributed by atoms with Crippen molar-refractivity contribution in [3.05, 3.63) is 64.1 Å². The number of carbonyl (C=O) groups is 1. The molecule has 0 fully saturated rings. The Balaban J connectivity index is 1.71. The molecule has 25 heavy (non-hydrogen) atoms. The fraction of sp³-hybridized carbons (Fsp3) is 0.118. The maximum atomic E-state index is 13.8. The van der Waals surface area contributed by atoms with Gasteiger partial charge in [0.25, 0.3) is 5.56 Å². The molecule has 3 rings (SSSR count). The molecular formula is C17H14FN3O3S. The van der Waals surface area contributed by atoms with Crippen molar-refractivity contribution >= 4 is 22.4 Å². The first-order chi connectivity index (χ1) is 12.1. The van der Waals surface area contributed by atoms with Gasteiger partial charge >= 0.3 is 0 Å². The van der Waals surface area contributed by atoms with E-state index in [4.69, 9.17) is 4.74 Å². The van der Waals surface area contributed by atoms with Gasteiger partial charge in [-0.3, -0.25) is 9.59 Å². The Morgan fingerprint density at radius 2 is 2.20 bits per heavy atom. The lowest BCUT2D eigenvalue weighted by Crippen LogP contribution is -2.26. The Hall–Kier alpha value is -3.00. The Labute approximate surface area is 146 Å². The van der Waals surface area contributed by atoms with Crippen molar-refractivity contribution in [3.63, 3.8) is 0 Å². The predicted octanol–water partition coefficient (Wildman–Crippen LogP) is 2.76. The summed E-state index contributed by atoms with van der Waals surface area (Å²) < 4.78 is 20.0. The number of pyridine rings is 1. The Bertz CT molecular complexity index is 968. The molecule has 0 saturated carbocycles. The van der Waals surface area contributed by atoms with Crippen molar-refractivity contribution in [2.45, 2.75) is 6.54 Å². The number of benzene rings is 1. The van der Waals surface area contributed by atoms with Crippen LogP contribution in [0.5, 0.6) is 5.75 Å². The Morgan fingerprint density at radius 1 is 1.36 bits per heavy atom. The molecule has 0 unspecified atom stereocenters. The number of nitrogens with zero attached hydrogens (tertiary/aromatic N) is 2. The summed E-state index contributed by atoms with van der Waals surface area (Å²) in [6.45, 7) is -0.105.